The lowest BCUT2D eigenvalue weighted by atomic mass is 9.41. The van der Waals surface area contributed by atoms with Crippen molar-refractivity contribution < 1.29 is 61.9 Å². The van der Waals surface area contributed by atoms with Crippen LogP contribution in [-0.4, -0.2) is 96.5 Å². The summed E-state index contributed by atoms with van der Waals surface area (Å²) in [6.45, 7) is 9.02. The molecule has 0 amide bonds. The van der Waals surface area contributed by atoms with Gasteiger partial charge in [0, 0.05) is 53.8 Å². The van der Waals surface area contributed by atoms with E-state index in [2.05, 4.69) is 27.7 Å². The Hall–Kier alpha value is -3.16. The van der Waals surface area contributed by atoms with Crippen LogP contribution in [0.15, 0.2) is 11.6 Å². The Morgan fingerprint density at radius 2 is 1.39 bits per heavy atom. The Labute approximate surface area is 356 Å². The number of esters is 4. The molecule has 4 spiro atoms. The lowest BCUT2D eigenvalue weighted by Crippen LogP contribution is -2.68. The molecule has 5 heterocycles. The molecule has 0 N–H and O–H groups in total. The van der Waals surface area contributed by atoms with Crippen LogP contribution in [0.4, 0.5) is 0 Å². The summed E-state index contributed by atoms with van der Waals surface area (Å²) in [5.74, 6) is -0.149. The van der Waals surface area contributed by atoms with E-state index in [4.69, 9.17) is 33.2 Å². The second-order valence-electron chi connectivity index (χ2n) is 22.6. The Morgan fingerprint density at radius 3 is 2.08 bits per heavy atom. The van der Waals surface area contributed by atoms with Gasteiger partial charge in [0.15, 0.2) is 11.6 Å². The number of epoxide rings is 3. The molecule has 12 fully saturated rings. The molecule has 13 heteroatoms. The first-order chi connectivity index (χ1) is 28.9. The average molecular weight is 845 g/mol. The second kappa shape index (κ2) is 11.9. The summed E-state index contributed by atoms with van der Waals surface area (Å²) < 4.78 is 42.0. The van der Waals surface area contributed by atoms with Gasteiger partial charge in [0.2, 0.25) is 0 Å². The Morgan fingerprint density at radius 1 is 0.721 bits per heavy atom. The molecule has 0 radical (unpaired) electrons. The van der Waals surface area contributed by atoms with Crippen molar-refractivity contribution in [1.82, 2.24) is 0 Å². The maximum absolute atomic E-state index is 13.2. The summed E-state index contributed by atoms with van der Waals surface area (Å²) in [7, 11) is 2.90. The summed E-state index contributed by atoms with van der Waals surface area (Å²) in [6.07, 6.45) is 12.1. The van der Waals surface area contributed by atoms with Crippen LogP contribution in [0.25, 0.3) is 0 Å². The molecule has 7 unspecified atom stereocenters. The van der Waals surface area contributed by atoms with Gasteiger partial charge in [-0.15, -0.1) is 0 Å². The van der Waals surface area contributed by atoms with Crippen LogP contribution in [0.5, 0.6) is 0 Å². The van der Waals surface area contributed by atoms with Crippen LogP contribution >= 0.6 is 0 Å². The highest BCUT2D eigenvalue weighted by Gasteiger charge is 2.91. The fourth-order valence-corrected chi connectivity index (χ4v) is 18.2. The number of hydrogen-bond donors (Lipinski definition) is 0. The zero-order valence-corrected chi connectivity index (χ0v) is 36.3. The normalized spacial score (nSPS) is 56.8. The highest BCUT2D eigenvalue weighted by molar-refractivity contribution is 5.92. The monoisotopic (exact) mass is 844 g/mol. The fraction of sp³-hybridized carbons (Fsp3) is 0.833. The highest BCUT2D eigenvalue weighted by atomic mass is 16.6. The van der Waals surface area contributed by atoms with Gasteiger partial charge in [-0.3, -0.25) is 28.8 Å². The van der Waals surface area contributed by atoms with Crippen LogP contribution in [0.1, 0.15) is 124 Å². The third-order valence-electron chi connectivity index (χ3n) is 21.3. The first kappa shape index (κ1) is 39.4. The zero-order valence-electron chi connectivity index (χ0n) is 36.3. The van der Waals surface area contributed by atoms with E-state index in [0.717, 1.165) is 63.4 Å². The number of allylic oxidation sites excluding steroid dienone is 1. The summed E-state index contributed by atoms with van der Waals surface area (Å²) in [5, 5.41) is 0. The molecule has 0 aromatic rings. The SMILES string of the molecule is COC(=O)[C@@H]1CC2=CC(=O)CC[C@]2(C)C2C1C1CCC3(CCC(=O)O3)[C@@]1(C)[C@H]1O[C@@H]21.COC(=O)[C@@H]1C[C@@]23O[C@@H]2C(=O)CC[C@]3(C)[C@@]23O[C@@H]2C[C@@]2(C)C(CCC24CCC(=O)O4)C13. The maximum atomic E-state index is 13.2. The first-order valence-electron chi connectivity index (χ1n) is 23.3. The predicted octanol–water partition coefficient (Wildman–Crippen LogP) is 5.32. The van der Waals surface area contributed by atoms with Crippen LogP contribution in [-0.2, 0) is 61.9 Å². The molecule has 0 aromatic carbocycles. The van der Waals surface area contributed by atoms with E-state index in [9.17, 15) is 28.8 Å². The standard InChI is InChI=1S/C24H30O7.C24H30O6/c1-20-11-15-24(29-15)17(13(20)4-8-22(20)9-6-16(26)30-22)12(19(27)28-3)10-23-18(31-23)14(25)5-7-21(23,24)2;1-22-7-4-13(25)10-12(22)11-14(21(27)28-3)17-15-5-8-24(9-6-16(26)30-24)23(15,2)20-19(29-20)18(17)22/h12-13,15,17-18H,4-11H2,1-3H3;10,14-15,17-20H,4-9,11H2,1-3H3/t12-,13?,15-,17?,18-,20+,21+,22?,23-,24-;14-,15?,17?,18?,19+,20+,22+,23-,24?/m11/s1. The summed E-state index contributed by atoms with van der Waals surface area (Å²) in [4.78, 5) is 75.2. The third-order valence-corrected chi connectivity index (χ3v) is 21.3. The Bertz CT molecular complexity index is 2130. The summed E-state index contributed by atoms with van der Waals surface area (Å²) >= 11 is 0. The molecule has 13 rings (SSSR count). The molecule has 5 aliphatic heterocycles. The Kier molecular flexibility index (Phi) is 7.72. The molecule has 0 aromatic heterocycles. The molecule has 0 bridgehead atoms. The van der Waals surface area contributed by atoms with Crippen molar-refractivity contribution >= 4 is 35.4 Å². The fourth-order valence-electron chi connectivity index (χ4n) is 18.2. The van der Waals surface area contributed by atoms with Gasteiger partial charge < -0.3 is 33.2 Å². The van der Waals surface area contributed by atoms with Gasteiger partial charge in [0.1, 0.15) is 28.5 Å². The minimum Gasteiger partial charge on any atom is -0.469 e. The van der Waals surface area contributed by atoms with Crippen molar-refractivity contribution in [2.24, 2.45) is 63.1 Å². The molecule has 61 heavy (non-hydrogen) atoms. The van der Waals surface area contributed by atoms with Gasteiger partial charge in [-0.2, -0.15) is 0 Å². The van der Waals surface area contributed by atoms with Crippen LogP contribution < -0.4 is 0 Å². The topological polar surface area (TPSA) is 177 Å². The molecule has 7 saturated carbocycles. The van der Waals surface area contributed by atoms with Crippen LogP contribution in [0.3, 0.4) is 0 Å². The van der Waals surface area contributed by atoms with E-state index in [1.165, 1.54) is 14.2 Å². The van der Waals surface area contributed by atoms with E-state index < -0.39 is 28.5 Å². The van der Waals surface area contributed by atoms with Crippen molar-refractivity contribution in [1.29, 1.82) is 0 Å². The minimum atomic E-state index is -0.601. The van der Waals surface area contributed by atoms with Crippen molar-refractivity contribution in [3.8, 4) is 0 Å². The molecule has 19 atom stereocenters. The lowest BCUT2D eigenvalue weighted by molar-refractivity contribution is -0.184. The first-order valence-corrected chi connectivity index (χ1v) is 23.3. The number of methoxy groups -OCH3 is 2. The molecule has 5 saturated heterocycles. The van der Waals surface area contributed by atoms with Gasteiger partial charge >= 0.3 is 23.9 Å². The van der Waals surface area contributed by atoms with E-state index in [1.807, 2.05) is 0 Å². The van der Waals surface area contributed by atoms with Crippen molar-refractivity contribution in [3.63, 3.8) is 0 Å². The van der Waals surface area contributed by atoms with Crippen LogP contribution in [0, 0.1) is 63.1 Å². The van der Waals surface area contributed by atoms with E-state index in [-0.39, 0.29) is 117 Å². The average Bonchev–Trinajstić information content (AvgIpc) is 4.18. The second-order valence-corrected chi connectivity index (χ2v) is 22.6. The van der Waals surface area contributed by atoms with E-state index in [1.54, 1.807) is 6.08 Å². The number of carbonyl (C=O) groups excluding carboxylic acids is 6. The number of Topliss-reactive ketones (excluding diaryl/α,β-unsaturated/α-hetero) is 1. The lowest BCUT2D eigenvalue weighted by Gasteiger charge is -2.59. The summed E-state index contributed by atoms with van der Waals surface area (Å²) in [6, 6.07) is 0. The van der Waals surface area contributed by atoms with Gasteiger partial charge in [-0.05, 0) is 99.9 Å². The van der Waals surface area contributed by atoms with Gasteiger partial charge in [0.05, 0.1) is 44.4 Å². The van der Waals surface area contributed by atoms with Gasteiger partial charge in [-0.1, -0.05) is 33.3 Å². The molecule has 13 aliphatic rings. The molecule has 13 nitrogen and oxygen atoms in total. The predicted molar refractivity (Wildman–Crippen MR) is 210 cm³/mol. The molecular weight excluding hydrogens is 785 g/mol. The van der Waals surface area contributed by atoms with E-state index >= 15 is 0 Å². The van der Waals surface area contributed by atoms with Crippen molar-refractivity contribution in [2.75, 3.05) is 14.2 Å². The van der Waals surface area contributed by atoms with Crippen molar-refractivity contribution in [2.45, 2.75) is 171 Å². The zero-order chi connectivity index (χ0) is 42.7. The third kappa shape index (κ3) is 4.41. The molecule has 8 aliphatic carbocycles. The largest absolute Gasteiger partial charge is 0.469 e. The van der Waals surface area contributed by atoms with Gasteiger partial charge in [-0.25, -0.2) is 0 Å². The number of ether oxygens (including phenoxy) is 7. The number of carbonyl (C=O) groups is 6. The maximum Gasteiger partial charge on any atom is 0.309 e. The molecule has 330 valence electrons. The smallest absolute Gasteiger partial charge is 0.309 e. The Balaban J connectivity index is 0.000000131. The number of ketones is 2. The minimum absolute atomic E-state index is 0.000380. The van der Waals surface area contributed by atoms with Crippen LogP contribution in [0.2, 0.25) is 0 Å². The highest BCUT2D eigenvalue weighted by Crippen LogP contribution is 2.82. The van der Waals surface area contributed by atoms with Crippen molar-refractivity contribution in [3.05, 3.63) is 11.6 Å². The number of fused-ring (bicyclic) bond motifs is 12. The van der Waals surface area contributed by atoms with E-state index in [0.29, 0.717) is 38.5 Å². The number of hydrogen-bond acceptors (Lipinski definition) is 13. The van der Waals surface area contributed by atoms with Gasteiger partial charge in [0.25, 0.3) is 0 Å². The quantitative estimate of drug-likeness (QED) is 0.199. The summed E-state index contributed by atoms with van der Waals surface area (Å²) in [5.41, 5.74) is -1.74. The number of rotatable bonds is 2. The molecular formula is C48H60O13.